The summed E-state index contributed by atoms with van der Waals surface area (Å²) in [5, 5.41) is 0. The van der Waals surface area contributed by atoms with E-state index in [0.29, 0.717) is 11.3 Å². The molecule has 2 aliphatic heterocycles. The van der Waals surface area contributed by atoms with E-state index < -0.39 is 0 Å². The van der Waals surface area contributed by atoms with Crippen LogP contribution in [0.1, 0.15) is 61.8 Å². The Hall–Kier alpha value is -1.94. The van der Waals surface area contributed by atoms with Crippen LogP contribution < -0.4 is 0 Å². The molecule has 28 heavy (non-hydrogen) atoms. The summed E-state index contributed by atoms with van der Waals surface area (Å²) in [6.07, 6.45) is 5.38. The predicted molar refractivity (Wildman–Crippen MR) is 106 cm³/mol. The molecule has 0 unspecified atom stereocenters. The van der Waals surface area contributed by atoms with E-state index in [1.165, 1.54) is 16.7 Å². The molecule has 1 saturated carbocycles. The Labute approximate surface area is 166 Å². The molecule has 0 aromatic heterocycles. The first-order chi connectivity index (χ1) is 13.5. The van der Waals surface area contributed by atoms with Crippen LogP contribution in [0.25, 0.3) is 5.57 Å². The highest BCUT2D eigenvalue weighted by Crippen LogP contribution is 2.55. The second-order valence-corrected chi connectivity index (χ2v) is 8.81. The van der Waals surface area contributed by atoms with Crippen molar-refractivity contribution in [2.24, 2.45) is 17.8 Å². The lowest BCUT2D eigenvalue weighted by molar-refractivity contribution is -0.142. The molecule has 4 heteroatoms. The van der Waals surface area contributed by atoms with Crippen LogP contribution in [0, 0.1) is 24.7 Å². The molecule has 0 N–H and O–H groups in total. The van der Waals surface area contributed by atoms with Gasteiger partial charge in [-0.25, -0.2) is 0 Å². The van der Waals surface area contributed by atoms with Gasteiger partial charge in [-0.05, 0) is 62.1 Å². The van der Waals surface area contributed by atoms with E-state index in [1.807, 2.05) is 0 Å². The van der Waals surface area contributed by atoms with Crippen LogP contribution in [0.3, 0.4) is 0 Å². The summed E-state index contributed by atoms with van der Waals surface area (Å²) in [7, 11) is 0. The Morgan fingerprint density at radius 3 is 2.21 bits per heavy atom. The maximum absolute atomic E-state index is 13.6. The molecular weight excluding hydrogens is 352 g/mol. The topological polar surface area (TPSA) is 52.6 Å². The van der Waals surface area contributed by atoms with Gasteiger partial charge >= 0.3 is 5.97 Å². The van der Waals surface area contributed by atoms with Gasteiger partial charge in [0.2, 0.25) is 0 Å². The smallest absolute Gasteiger partial charge is 0.314 e. The predicted octanol–water partition coefficient (Wildman–Crippen LogP) is 4.16. The molecule has 3 fully saturated rings. The Bertz CT molecular complexity index is 867. The van der Waals surface area contributed by atoms with Crippen LogP contribution in [-0.4, -0.2) is 24.0 Å². The number of benzene rings is 1. The maximum atomic E-state index is 13.6. The highest BCUT2D eigenvalue weighted by molar-refractivity contribution is 6.26. The molecule has 2 aliphatic carbocycles. The van der Waals surface area contributed by atoms with E-state index in [-0.39, 0.29) is 41.7 Å². The zero-order chi connectivity index (χ0) is 19.6. The number of aryl methyl sites for hydroxylation is 3. The average Bonchev–Trinajstić information content (AvgIpc) is 3.25. The largest absolute Gasteiger partial charge is 0.430 e. The molecule has 5 rings (SSSR count). The quantitative estimate of drug-likeness (QED) is 0.720. The third-order valence-electron chi connectivity index (χ3n) is 6.95. The van der Waals surface area contributed by atoms with Crippen LogP contribution in [-0.2, 0) is 31.9 Å². The van der Waals surface area contributed by atoms with E-state index >= 15 is 0 Å². The number of hydrogen-bond acceptors (Lipinski definition) is 4. The Morgan fingerprint density at radius 1 is 1.04 bits per heavy atom. The minimum Gasteiger partial charge on any atom is -0.430 e. The van der Waals surface area contributed by atoms with Gasteiger partial charge in [-0.15, -0.1) is 0 Å². The lowest BCUT2D eigenvalue weighted by Crippen LogP contribution is -2.30. The van der Waals surface area contributed by atoms with Gasteiger partial charge in [-0.1, -0.05) is 31.5 Å². The molecule has 0 radical (unpaired) electrons. The second-order valence-electron chi connectivity index (χ2n) is 8.81. The van der Waals surface area contributed by atoms with Crippen molar-refractivity contribution in [2.45, 2.75) is 71.5 Å². The number of Topliss-reactive ketones (excluding diaryl/α,β-unsaturated/α-hetero) is 1. The standard InChI is InChI=1S/C24H28O4/c1-4-13-10-12(3)11-14(5-2)18(13)21-22(25)19-16-8-9-17(27-16)20(19)23(21)28-24(26)15-6-7-15/h10-11,15-17,19-20H,4-9H2,1-3H3/t16-,17+,19-,20+/m0/s1. The number of esters is 1. The Kier molecular flexibility index (Phi) is 4.24. The number of fused-ring (bicyclic) bond motifs is 5. The third-order valence-corrected chi connectivity index (χ3v) is 6.95. The van der Waals surface area contributed by atoms with Crippen molar-refractivity contribution in [1.29, 1.82) is 0 Å². The minimum atomic E-state index is -0.175. The molecule has 1 aromatic rings. The highest BCUT2D eigenvalue weighted by Gasteiger charge is 2.60. The summed E-state index contributed by atoms with van der Waals surface area (Å²) in [5.74, 6) is 0.339. The Morgan fingerprint density at radius 2 is 1.64 bits per heavy atom. The number of ether oxygens (including phenoxy) is 2. The number of hydrogen-bond donors (Lipinski definition) is 0. The number of allylic oxidation sites excluding steroid dienone is 1. The summed E-state index contributed by atoms with van der Waals surface area (Å²) in [5.41, 5.74) is 5.26. The van der Waals surface area contributed by atoms with Crippen molar-refractivity contribution in [3.8, 4) is 0 Å². The van der Waals surface area contributed by atoms with E-state index in [0.717, 1.165) is 44.1 Å². The van der Waals surface area contributed by atoms with Gasteiger partial charge in [-0.3, -0.25) is 9.59 Å². The first-order valence-electron chi connectivity index (χ1n) is 10.8. The second kappa shape index (κ2) is 6.55. The van der Waals surface area contributed by atoms with Crippen molar-refractivity contribution >= 4 is 17.3 Å². The molecule has 1 aromatic carbocycles. The molecule has 0 spiro atoms. The average molecular weight is 380 g/mol. The van der Waals surface area contributed by atoms with Gasteiger partial charge in [0.15, 0.2) is 5.78 Å². The monoisotopic (exact) mass is 380 g/mol. The zero-order valence-corrected chi connectivity index (χ0v) is 16.9. The lowest BCUT2D eigenvalue weighted by atomic mass is 9.80. The maximum Gasteiger partial charge on any atom is 0.314 e. The van der Waals surface area contributed by atoms with Crippen LogP contribution in [0.2, 0.25) is 0 Å². The van der Waals surface area contributed by atoms with Crippen molar-refractivity contribution in [2.75, 3.05) is 0 Å². The summed E-state index contributed by atoms with van der Waals surface area (Å²) in [6, 6.07) is 4.35. The van der Waals surface area contributed by atoms with Gasteiger partial charge in [0.05, 0.1) is 35.5 Å². The van der Waals surface area contributed by atoms with E-state index in [1.54, 1.807) is 0 Å². The first-order valence-corrected chi connectivity index (χ1v) is 10.8. The van der Waals surface area contributed by atoms with Crippen LogP contribution >= 0.6 is 0 Å². The van der Waals surface area contributed by atoms with Crippen molar-refractivity contribution in [3.05, 3.63) is 40.1 Å². The lowest BCUT2D eigenvalue weighted by Gasteiger charge is -2.21. The molecule has 4 atom stereocenters. The summed E-state index contributed by atoms with van der Waals surface area (Å²) >= 11 is 0. The van der Waals surface area contributed by atoms with Gasteiger partial charge in [-0.2, -0.15) is 0 Å². The highest BCUT2D eigenvalue weighted by atomic mass is 16.5. The van der Waals surface area contributed by atoms with Gasteiger partial charge in [0.25, 0.3) is 0 Å². The number of carbonyl (C=O) groups excluding carboxylic acids is 2. The molecule has 2 saturated heterocycles. The van der Waals surface area contributed by atoms with Gasteiger partial charge in [0, 0.05) is 0 Å². The molecule has 0 amide bonds. The molecule has 2 bridgehead atoms. The fraction of sp³-hybridized carbons (Fsp3) is 0.583. The zero-order valence-electron chi connectivity index (χ0n) is 16.9. The molecule has 2 heterocycles. The summed E-state index contributed by atoms with van der Waals surface area (Å²) in [4.78, 5) is 26.2. The number of carbonyl (C=O) groups is 2. The normalized spacial score (nSPS) is 30.9. The van der Waals surface area contributed by atoms with Crippen LogP contribution in [0.4, 0.5) is 0 Å². The van der Waals surface area contributed by atoms with Crippen LogP contribution in [0.5, 0.6) is 0 Å². The molecular formula is C24H28O4. The first kappa shape index (κ1) is 18.1. The number of ketones is 1. The SMILES string of the molecule is CCc1cc(C)cc(CC)c1C1=C(OC(=O)C2CC2)[C@H]2[C@@H](C1=O)[C@@H]1CC[C@H]2O1. The van der Waals surface area contributed by atoms with Crippen LogP contribution in [0.15, 0.2) is 17.9 Å². The molecule has 4 nitrogen and oxygen atoms in total. The summed E-state index contributed by atoms with van der Waals surface area (Å²) < 4.78 is 12.1. The van der Waals surface area contributed by atoms with E-state index in [2.05, 4.69) is 32.9 Å². The molecule has 148 valence electrons. The van der Waals surface area contributed by atoms with E-state index in [9.17, 15) is 9.59 Å². The van der Waals surface area contributed by atoms with Crippen molar-refractivity contribution in [1.82, 2.24) is 0 Å². The minimum absolute atomic E-state index is 0.0109. The van der Waals surface area contributed by atoms with E-state index in [4.69, 9.17) is 9.47 Å². The molecule has 4 aliphatic rings. The third kappa shape index (κ3) is 2.61. The van der Waals surface area contributed by atoms with Gasteiger partial charge < -0.3 is 9.47 Å². The van der Waals surface area contributed by atoms with Crippen molar-refractivity contribution in [3.63, 3.8) is 0 Å². The number of rotatable bonds is 5. The van der Waals surface area contributed by atoms with Crippen molar-refractivity contribution < 1.29 is 19.1 Å². The Balaban J connectivity index is 1.69. The summed E-state index contributed by atoms with van der Waals surface area (Å²) in [6.45, 7) is 6.35. The fourth-order valence-electron chi connectivity index (χ4n) is 5.50. The fourth-order valence-corrected chi connectivity index (χ4v) is 5.50. The van der Waals surface area contributed by atoms with Gasteiger partial charge in [0.1, 0.15) is 5.76 Å².